The molecule has 0 amide bonds. The highest BCUT2D eigenvalue weighted by molar-refractivity contribution is 5.87. The molecular weight excluding hydrogens is 701 g/mol. The number of hydrogen-bond acceptors (Lipinski definition) is 8. The maximum Gasteiger partial charge on any atom is 0.269 e. The zero-order chi connectivity index (χ0) is 37.8. The van der Waals surface area contributed by atoms with Crippen LogP contribution in [0.1, 0.15) is 22.5 Å². The molecule has 12 nitrogen and oxygen atoms in total. The van der Waals surface area contributed by atoms with Crippen molar-refractivity contribution in [2.75, 3.05) is 0 Å². The minimum atomic E-state index is -0.188. The van der Waals surface area contributed by atoms with E-state index in [1.165, 1.54) is 12.4 Å². The van der Waals surface area contributed by atoms with Gasteiger partial charge in [0.25, 0.3) is 11.1 Å². The van der Waals surface area contributed by atoms with Crippen molar-refractivity contribution >= 4 is 44.0 Å². The molecule has 1 N–H and O–H groups in total. The quantitative estimate of drug-likeness (QED) is 0.182. The van der Waals surface area contributed by atoms with Crippen molar-refractivity contribution in [2.24, 2.45) is 7.05 Å². The summed E-state index contributed by atoms with van der Waals surface area (Å²) in [5, 5.41) is 8.85. The zero-order valence-corrected chi connectivity index (χ0v) is 30.2. The average Bonchev–Trinajstić information content (AvgIpc) is 3.82. The highest BCUT2D eigenvalue weighted by Gasteiger charge is 2.13. The van der Waals surface area contributed by atoms with Crippen LogP contribution in [0.3, 0.4) is 0 Å². The molecule has 10 aromatic rings. The largest absolute Gasteiger partial charge is 0.334 e. The molecule has 56 heavy (non-hydrogen) atoms. The molecule has 0 bridgehead atoms. The zero-order valence-electron chi connectivity index (χ0n) is 30.2. The first-order valence-corrected chi connectivity index (χ1v) is 18.1. The van der Waals surface area contributed by atoms with E-state index < -0.39 is 0 Å². The Bertz CT molecular complexity index is 3270. The fourth-order valence-corrected chi connectivity index (χ4v) is 7.47. The summed E-state index contributed by atoms with van der Waals surface area (Å²) in [5.41, 5.74) is 13.2. The van der Waals surface area contributed by atoms with Crippen LogP contribution in [0.5, 0.6) is 0 Å². The first kappa shape index (κ1) is 33.0. The first-order chi connectivity index (χ1) is 27.4. The van der Waals surface area contributed by atoms with Gasteiger partial charge in [0.05, 0.1) is 82.8 Å². The van der Waals surface area contributed by atoms with Crippen LogP contribution in [0.25, 0.3) is 66.3 Å². The minimum absolute atomic E-state index is 0.176. The lowest BCUT2D eigenvalue weighted by molar-refractivity contribution is 0.784. The summed E-state index contributed by atoms with van der Waals surface area (Å²) in [6, 6.07) is 32.6. The monoisotopic (exact) mass is 732 g/mol. The molecule has 270 valence electrons. The fraction of sp³-hybridized carbons (Fsp3) is 0.0909. The molecule has 0 unspecified atom stereocenters. The van der Waals surface area contributed by atoms with Crippen molar-refractivity contribution < 1.29 is 0 Å². The van der Waals surface area contributed by atoms with Gasteiger partial charge in [-0.2, -0.15) is 5.10 Å². The first-order valence-electron chi connectivity index (χ1n) is 18.1. The molecule has 12 heteroatoms. The highest BCUT2D eigenvalue weighted by Crippen LogP contribution is 2.28. The van der Waals surface area contributed by atoms with Crippen LogP contribution in [0.4, 0.5) is 0 Å². The van der Waals surface area contributed by atoms with Crippen molar-refractivity contribution in [3.8, 4) is 22.3 Å². The van der Waals surface area contributed by atoms with Gasteiger partial charge in [-0.1, -0.05) is 54.6 Å². The molecule has 0 saturated heterocycles. The number of pyridine rings is 2. The Morgan fingerprint density at radius 1 is 0.571 bits per heavy atom. The Morgan fingerprint density at radius 3 is 2.00 bits per heavy atom. The molecule has 0 radical (unpaired) electrons. The second kappa shape index (κ2) is 13.4. The van der Waals surface area contributed by atoms with Gasteiger partial charge in [-0.05, 0) is 75.8 Å². The summed E-state index contributed by atoms with van der Waals surface area (Å²) in [6.45, 7) is 0.779. The molecule has 6 heterocycles. The van der Waals surface area contributed by atoms with Gasteiger partial charge in [-0.3, -0.25) is 33.8 Å². The van der Waals surface area contributed by atoms with Crippen LogP contribution < -0.4 is 11.1 Å². The number of benzene rings is 4. The third-order valence-corrected chi connectivity index (χ3v) is 10.4. The van der Waals surface area contributed by atoms with Gasteiger partial charge in [0.2, 0.25) is 0 Å². The second-order valence-corrected chi connectivity index (χ2v) is 14.0. The number of aromatic nitrogens is 10. The molecular formula is C44H32N10O2. The Morgan fingerprint density at radius 2 is 1.23 bits per heavy atom. The molecule has 0 aliphatic heterocycles. The molecule has 0 fully saturated rings. The molecule has 0 saturated carbocycles. The van der Waals surface area contributed by atoms with E-state index in [1.807, 2.05) is 54.3 Å². The van der Waals surface area contributed by atoms with E-state index in [0.29, 0.717) is 36.1 Å². The third kappa shape index (κ3) is 5.99. The Hall–Kier alpha value is -7.60. The van der Waals surface area contributed by atoms with Gasteiger partial charge >= 0.3 is 0 Å². The number of fused-ring (bicyclic) bond motifs is 4. The maximum atomic E-state index is 13.2. The molecule has 0 aliphatic carbocycles. The van der Waals surface area contributed by atoms with E-state index in [1.54, 1.807) is 33.8 Å². The SMILES string of the molecule is Cn1cnc2ccc(-c3cccc(Cn4c(=O)cnc5cc(Cc6[nH]nc7cc(-c8cccc(Cn9c(=O)cnc%10ccncc%109)c8)ccc67)ncc54)c3)cc21. The summed E-state index contributed by atoms with van der Waals surface area (Å²) in [7, 11) is 1.99. The van der Waals surface area contributed by atoms with Crippen molar-refractivity contribution in [3.05, 3.63) is 178 Å². The van der Waals surface area contributed by atoms with E-state index in [2.05, 4.69) is 84.7 Å². The molecule has 4 aromatic carbocycles. The van der Waals surface area contributed by atoms with E-state index >= 15 is 0 Å². The Labute approximate surface area is 318 Å². The van der Waals surface area contributed by atoms with Crippen LogP contribution in [0, 0.1) is 0 Å². The third-order valence-electron chi connectivity index (χ3n) is 10.4. The summed E-state index contributed by atoms with van der Waals surface area (Å²) in [6.07, 6.45) is 10.1. The van der Waals surface area contributed by atoms with Crippen LogP contribution >= 0.6 is 0 Å². The van der Waals surface area contributed by atoms with Crippen molar-refractivity contribution in [3.63, 3.8) is 0 Å². The predicted molar refractivity (Wildman–Crippen MR) is 216 cm³/mol. The molecule has 0 spiro atoms. The van der Waals surface area contributed by atoms with Crippen LogP contribution in [-0.2, 0) is 26.6 Å². The minimum Gasteiger partial charge on any atom is -0.334 e. The maximum absolute atomic E-state index is 13.2. The summed E-state index contributed by atoms with van der Waals surface area (Å²) >= 11 is 0. The van der Waals surface area contributed by atoms with Crippen molar-refractivity contribution in [1.82, 2.24) is 48.8 Å². The lowest BCUT2D eigenvalue weighted by Gasteiger charge is -2.12. The number of nitrogens with one attached hydrogen (secondary N) is 1. The van der Waals surface area contributed by atoms with Crippen LogP contribution in [-0.4, -0.2) is 48.8 Å². The van der Waals surface area contributed by atoms with Crippen molar-refractivity contribution in [1.29, 1.82) is 0 Å². The van der Waals surface area contributed by atoms with E-state index in [4.69, 9.17) is 4.98 Å². The van der Waals surface area contributed by atoms with Gasteiger partial charge < -0.3 is 4.57 Å². The number of aromatic amines is 1. The Balaban J connectivity index is 0.893. The number of hydrogen-bond donors (Lipinski definition) is 1. The summed E-state index contributed by atoms with van der Waals surface area (Å²) in [5.74, 6) is 0. The molecule has 10 rings (SSSR count). The molecule has 0 aliphatic rings. The topological polar surface area (TPSA) is 142 Å². The second-order valence-electron chi connectivity index (χ2n) is 14.0. The lowest BCUT2D eigenvalue weighted by atomic mass is 10.0. The lowest BCUT2D eigenvalue weighted by Crippen LogP contribution is -2.21. The van der Waals surface area contributed by atoms with Crippen LogP contribution in [0.15, 0.2) is 144 Å². The summed E-state index contributed by atoms with van der Waals surface area (Å²) in [4.78, 5) is 48.1. The van der Waals surface area contributed by atoms with Gasteiger partial charge in [-0.25, -0.2) is 15.0 Å². The molecule has 6 aromatic heterocycles. The average molecular weight is 733 g/mol. The van der Waals surface area contributed by atoms with Crippen LogP contribution in [0.2, 0.25) is 0 Å². The van der Waals surface area contributed by atoms with Crippen molar-refractivity contribution in [2.45, 2.75) is 19.5 Å². The van der Waals surface area contributed by atoms with E-state index in [0.717, 1.165) is 72.2 Å². The predicted octanol–water partition coefficient (Wildman–Crippen LogP) is 6.68. The van der Waals surface area contributed by atoms with Gasteiger partial charge in [-0.15, -0.1) is 0 Å². The number of H-pyrrole nitrogens is 1. The van der Waals surface area contributed by atoms with E-state index in [9.17, 15) is 9.59 Å². The van der Waals surface area contributed by atoms with Gasteiger partial charge in [0.15, 0.2) is 0 Å². The van der Waals surface area contributed by atoms with Gasteiger partial charge in [0, 0.05) is 36.4 Å². The number of nitrogens with zero attached hydrogens (tertiary/aromatic N) is 9. The number of imidazole rings is 1. The van der Waals surface area contributed by atoms with Gasteiger partial charge in [0.1, 0.15) is 0 Å². The number of rotatable bonds is 8. The smallest absolute Gasteiger partial charge is 0.269 e. The van der Waals surface area contributed by atoms with E-state index in [-0.39, 0.29) is 11.1 Å². The standard InChI is InChI=1S/C44H32N10O2/c1-52-26-49-35-11-9-32(17-40(35)52)30-7-3-5-28(15-30)25-54-42-21-46-33(19-39(42)48-23-44(54)56)18-38-34-10-8-31(16-37(34)50-51-38)29-6-2-4-27(14-29)24-53-41-20-45-13-12-36(41)47-22-43(53)55/h2-17,19-23,26H,18,24-25H2,1H3,(H,50,51). The summed E-state index contributed by atoms with van der Waals surface area (Å²) < 4.78 is 5.42. The Kier molecular flexibility index (Phi) is 7.87. The normalized spacial score (nSPS) is 11.7. The molecule has 0 atom stereocenters. The number of aryl methyl sites for hydroxylation is 1. The highest BCUT2D eigenvalue weighted by atomic mass is 16.1. The fourth-order valence-electron chi connectivity index (χ4n) is 7.47.